The van der Waals surface area contributed by atoms with Crippen LogP contribution in [0.1, 0.15) is 5.56 Å². The molecule has 1 aliphatic heterocycles. The summed E-state index contributed by atoms with van der Waals surface area (Å²) in [6.07, 6.45) is 1.88. The van der Waals surface area contributed by atoms with Crippen LogP contribution in [0.4, 0.5) is 5.69 Å². The summed E-state index contributed by atoms with van der Waals surface area (Å²) in [4.78, 5) is 19.3. The third kappa shape index (κ3) is 3.14. The molecule has 3 rings (SSSR count). The number of para-hydroxylation sites is 1. The van der Waals surface area contributed by atoms with Crippen LogP contribution in [-0.4, -0.2) is 25.2 Å². The highest BCUT2D eigenvalue weighted by Crippen LogP contribution is 2.35. The van der Waals surface area contributed by atoms with Crippen LogP contribution < -0.4 is 9.64 Å². The zero-order valence-corrected chi connectivity index (χ0v) is 13.7. The molecular formula is C18H16N2O2S. The van der Waals surface area contributed by atoms with Gasteiger partial charge < -0.3 is 4.74 Å². The molecule has 1 fully saturated rings. The summed E-state index contributed by atoms with van der Waals surface area (Å²) >= 11 is 1.38. The van der Waals surface area contributed by atoms with E-state index >= 15 is 0 Å². The van der Waals surface area contributed by atoms with Crippen LogP contribution in [0.5, 0.6) is 5.75 Å². The predicted octanol–water partition coefficient (Wildman–Crippen LogP) is 3.80. The molecule has 23 heavy (non-hydrogen) atoms. The quantitative estimate of drug-likeness (QED) is 0.807. The average molecular weight is 324 g/mol. The standard InChI is InChI=1S/C18H16N2O2S/c1-19-18-20(14-6-4-3-5-7-14)17(21)16(23-18)12-13-8-10-15(22-2)11-9-13/h3-12H,1-2H3/b16-12-,19-18-. The van der Waals surface area contributed by atoms with Crippen LogP contribution in [0.25, 0.3) is 6.08 Å². The Morgan fingerprint density at radius 3 is 2.39 bits per heavy atom. The summed E-state index contributed by atoms with van der Waals surface area (Å²) in [5.74, 6) is 0.733. The topological polar surface area (TPSA) is 41.9 Å². The van der Waals surface area contributed by atoms with Crippen LogP contribution in [-0.2, 0) is 4.79 Å². The highest BCUT2D eigenvalue weighted by Gasteiger charge is 2.33. The summed E-state index contributed by atoms with van der Waals surface area (Å²) < 4.78 is 5.15. The van der Waals surface area contributed by atoms with Gasteiger partial charge in [-0.05, 0) is 47.7 Å². The first-order valence-corrected chi connectivity index (χ1v) is 7.94. The fourth-order valence-corrected chi connectivity index (χ4v) is 3.22. The van der Waals surface area contributed by atoms with Crippen LogP contribution in [0.15, 0.2) is 64.5 Å². The Kier molecular flexibility index (Phi) is 4.48. The van der Waals surface area contributed by atoms with Gasteiger partial charge in [-0.15, -0.1) is 0 Å². The molecule has 0 aromatic heterocycles. The first-order chi connectivity index (χ1) is 11.2. The maximum atomic E-state index is 12.7. The maximum Gasteiger partial charge on any atom is 0.271 e. The van der Waals surface area contributed by atoms with E-state index in [-0.39, 0.29) is 5.91 Å². The normalized spacial score (nSPS) is 18.0. The summed E-state index contributed by atoms with van der Waals surface area (Å²) in [5.41, 5.74) is 1.77. The fourth-order valence-electron chi connectivity index (χ4n) is 2.28. The van der Waals surface area contributed by atoms with Gasteiger partial charge in [0.15, 0.2) is 5.17 Å². The molecule has 0 unspecified atom stereocenters. The molecule has 1 heterocycles. The minimum absolute atomic E-state index is 0.0578. The van der Waals surface area contributed by atoms with Crippen molar-refractivity contribution in [3.63, 3.8) is 0 Å². The SMILES string of the molecule is C/N=C1\S/C(=C\c2ccc(OC)cc2)C(=O)N1c1ccccc1. The molecule has 0 spiro atoms. The lowest BCUT2D eigenvalue weighted by atomic mass is 10.2. The van der Waals surface area contributed by atoms with Crippen LogP contribution in [0, 0.1) is 0 Å². The number of thioether (sulfide) groups is 1. The number of carbonyl (C=O) groups is 1. The van der Waals surface area contributed by atoms with E-state index in [2.05, 4.69) is 4.99 Å². The van der Waals surface area contributed by atoms with Crippen molar-refractivity contribution in [2.24, 2.45) is 4.99 Å². The Morgan fingerprint density at radius 1 is 1.09 bits per heavy atom. The molecule has 2 aromatic carbocycles. The molecule has 116 valence electrons. The van der Waals surface area contributed by atoms with Crippen molar-refractivity contribution in [2.45, 2.75) is 0 Å². The van der Waals surface area contributed by atoms with Crippen LogP contribution >= 0.6 is 11.8 Å². The summed E-state index contributed by atoms with van der Waals surface area (Å²) in [6.45, 7) is 0. The van der Waals surface area contributed by atoms with E-state index in [0.717, 1.165) is 17.0 Å². The zero-order valence-electron chi connectivity index (χ0n) is 12.9. The molecule has 2 aromatic rings. The molecule has 0 N–H and O–H groups in total. The number of hydrogen-bond donors (Lipinski definition) is 0. The van der Waals surface area contributed by atoms with Gasteiger partial charge in [-0.25, -0.2) is 0 Å². The zero-order chi connectivity index (χ0) is 16.2. The molecule has 1 amide bonds. The van der Waals surface area contributed by atoms with Gasteiger partial charge in [0.05, 0.1) is 17.7 Å². The number of nitrogens with zero attached hydrogens (tertiary/aromatic N) is 2. The maximum absolute atomic E-state index is 12.7. The summed E-state index contributed by atoms with van der Waals surface area (Å²) in [6, 6.07) is 17.1. The molecule has 1 aliphatic rings. The average Bonchev–Trinajstić information content (AvgIpc) is 2.92. The van der Waals surface area contributed by atoms with Gasteiger partial charge in [0.25, 0.3) is 5.91 Å². The highest BCUT2D eigenvalue weighted by atomic mass is 32.2. The third-order valence-corrected chi connectivity index (χ3v) is 4.49. The summed E-state index contributed by atoms with van der Waals surface area (Å²) in [7, 11) is 3.33. The van der Waals surface area contributed by atoms with Gasteiger partial charge >= 0.3 is 0 Å². The fraction of sp³-hybridized carbons (Fsp3) is 0.111. The molecule has 0 atom stereocenters. The van der Waals surface area contributed by atoms with Crippen molar-refractivity contribution in [2.75, 3.05) is 19.1 Å². The van der Waals surface area contributed by atoms with Gasteiger partial charge in [-0.1, -0.05) is 30.3 Å². The second kappa shape index (κ2) is 6.71. The van der Waals surface area contributed by atoms with Crippen molar-refractivity contribution in [1.29, 1.82) is 0 Å². The second-order valence-corrected chi connectivity index (χ2v) is 5.88. The van der Waals surface area contributed by atoms with E-state index in [0.29, 0.717) is 10.1 Å². The Balaban J connectivity index is 1.93. The minimum Gasteiger partial charge on any atom is -0.497 e. The number of methoxy groups -OCH3 is 1. The molecular weight excluding hydrogens is 308 g/mol. The van der Waals surface area contributed by atoms with E-state index in [4.69, 9.17) is 4.74 Å². The lowest BCUT2D eigenvalue weighted by Crippen LogP contribution is -2.28. The van der Waals surface area contributed by atoms with Crippen molar-refractivity contribution in [3.05, 3.63) is 65.1 Å². The summed E-state index contributed by atoms with van der Waals surface area (Å²) in [5, 5.41) is 0.681. The number of aliphatic imine (C=N–C) groups is 1. The molecule has 0 radical (unpaired) electrons. The largest absolute Gasteiger partial charge is 0.497 e. The predicted molar refractivity (Wildman–Crippen MR) is 95.8 cm³/mol. The first-order valence-electron chi connectivity index (χ1n) is 7.13. The van der Waals surface area contributed by atoms with Crippen molar-refractivity contribution >= 4 is 34.6 Å². The molecule has 4 nitrogen and oxygen atoms in total. The number of ether oxygens (including phenoxy) is 1. The number of amidine groups is 1. The van der Waals surface area contributed by atoms with E-state index in [1.807, 2.05) is 60.7 Å². The molecule has 0 bridgehead atoms. The first kappa shape index (κ1) is 15.4. The van der Waals surface area contributed by atoms with Gasteiger partial charge in [0.1, 0.15) is 5.75 Å². The number of amides is 1. The molecule has 5 heteroatoms. The Bertz CT molecular complexity index is 767. The van der Waals surface area contributed by atoms with E-state index in [9.17, 15) is 4.79 Å². The van der Waals surface area contributed by atoms with Crippen molar-refractivity contribution < 1.29 is 9.53 Å². The van der Waals surface area contributed by atoms with E-state index < -0.39 is 0 Å². The minimum atomic E-state index is -0.0578. The lowest BCUT2D eigenvalue weighted by molar-refractivity contribution is -0.113. The van der Waals surface area contributed by atoms with Crippen LogP contribution in [0.3, 0.4) is 0 Å². The lowest BCUT2D eigenvalue weighted by Gasteiger charge is -2.14. The van der Waals surface area contributed by atoms with Gasteiger partial charge in [0, 0.05) is 7.05 Å². The smallest absolute Gasteiger partial charge is 0.271 e. The second-order valence-electron chi connectivity index (χ2n) is 4.87. The highest BCUT2D eigenvalue weighted by molar-refractivity contribution is 8.19. The van der Waals surface area contributed by atoms with Crippen LogP contribution in [0.2, 0.25) is 0 Å². The number of benzene rings is 2. The Labute approximate surface area is 139 Å². The number of carbonyl (C=O) groups excluding carboxylic acids is 1. The van der Waals surface area contributed by atoms with Gasteiger partial charge in [-0.2, -0.15) is 0 Å². The number of anilines is 1. The molecule has 1 saturated heterocycles. The monoisotopic (exact) mass is 324 g/mol. The number of hydrogen-bond acceptors (Lipinski definition) is 4. The van der Waals surface area contributed by atoms with Gasteiger partial charge in [0.2, 0.25) is 0 Å². The Morgan fingerprint density at radius 2 is 1.78 bits per heavy atom. The third-order valence-electron chi connectivity index (χ3n) is 3.43. The Hall–Kier alpha value is -2.53. The number of rotatable bonds is 3. The van der Waals surface area contributed by atoms with Gasteiger partial charge in [-0.3, -0.25) is 14.7 Å². The molecule has 0 saturated carbocycles. The van der Waals surface area contributed by atoms with E-state index in [1.165, 1.54) is 11.8 Å². The van der Waals surface area contributed by atoms with Crippen molar-refractivity contribution in [1.82, 2.24) is 0 Å². The molecule has 0 aliphatic carbocycles. The van der Waals surface area contributed by atoms with Crippen molar-refractivity contribution in [3.8, 4) is 5.75 Å². The van der Waals surface area contributed by atoms with E-state index in [1.54, 1.807) is 19.1 Å².